The third-order valence-electron chi connectivity index (χ3n) is 6.54. The Kier molecular flexibility index (Phi) is 4.80. The molecule has 1 N–H and O–H groups in total. The van der Waals surface area contributed by atoms with Crippen molar-refractivity contribution in [3.63, 3.8) is 0 Å². The van der Waals surface area contributed by atoms with Gasteiger partial charge in [-0.1, -0.05) is 0 Å². The summed E-state index contributed by atoms with van der Waals surface area (Å²) >= 11 is 1.81. The molecule has 4 fully saturated rings. The van der Waals surface area contributed by atoms with Gasteiger partial charge >= 0.3 is 0 Å². The van der Waals surface area contributed by atoms with Gasteiger partial charge in [-0.05, 0) is 45.3 Å². The highest BCUT2D eigenvalue weighted by molar-refractivity contribution is 7.18. The predicted octanol–water partition coefficient (Wildman–Crippen LogP) is 2.32. The van der Waals surface area contributed by atoms with Crippen LogP contribution in [0.4, 0.5) is 5.82 Å². The van der Waals surface area contributed by atoms with Crippen LogP contribution in [0.5, 0.6) is 0 Å². The Hall–Kier alpha value is -1.28. The maximum absolute atomic E-state index is 5.00. The molecule has 146 valence electrons. The van der Waals surface area contributed by atoms with Gasteiger partial charge in [-0.3, -0.25) is 14.7 Å². The number of thiophene rings is 1. The Balaban J connectivity index is 1.40. The molecule has 2 aromatic rings. The summed E-state index contributed by atoms with van der Waals surface area (Å²) in [6.07, 6.45) is 2.61. The summed E-state index contributed by atoms with van der Waals surface area (Å²) in [4.78, 5) is 20.1. The first kappa shape index (κ1) is 17.8. The van der Waals surface area contributed by atoms with Crippen molar-refractivity contribution in [3.05, 3.63) is 16.3 Å². The van der Waals surface area contributed by atoms with Crippen LogP contribution in [-0.2, 0) is 6.54 Å². The second-order valence-electron chi connectivity index (χ2n) is 8.31. The topological polar surface area (TPSA) is 47.5 Å². The fourth-order valence-electron chi connectivity index (χ4n) is 4.77. The Labute approximate surface area is 165 Å². The minimum absolute atomic E-state index is 0.597. The van der Waals surface area contributed by atoms with Gasteiger partial charge in [-0.15, -0.1) is 11.3 Å². The summed E-state index contributed by atoms with van der Waals surface area (Å²) in [5, 5.41) is 4.97. The molecule has 0 amide bonds. The van der Waals surface area contributed by atoms with Crippen molar-refractivity contribution in [2.24, 2.45) is 0 Å². The van der Waals surface area contributed by atoms with Crippen LogP contribution < -0.4 is 5.32 Å². The van der Waals surface area contributed by atoms with Crippen LogP contribution in [0, 0.1) is 13.8 Å². The standard InChI is InChI=1S/C20H30N6S/c1-14-15(2)27-20-18(14)19(22-17(23-20)13-24-5-3-4-6-24)21-11-16-12-25-7-9-26(16)10-8-25/h16H,3-13H2,1-2H3,(H,21,22,23). The van der Waals surface area contributed by atoms with E-state index in [1.54, 1.807) is 0 Å². The summed E-state index contributed by atoms with van der Waals surface area (Å²) in [5.74, 6) is 2.02. The zero-order chi connectivity index (χ0) is 18.4. The molecule has 6 heterocycles. The first-order chi connectivity index (χ1) is 13.2. The number of fused-ring (bicyclic) bond motifs is 4. The molecular weight excluding hydrogens is 356 g/mol. The van der Waals surface area contributed by atoms with Crippen molar-refractivity contribution in [2.75, 3.05) is 57.7 Å². The molecule has 4 saturated heterocycles. The number of nitrogens with zero attached hydrogens (tertiary/aromatic N) is 5. The van der Waals surface area contributed by atoms with E-state index >= 15 is 0 Å². The number of nitrogens with one attached hydrogen (secondary N) is 1. The number of rotatable bonds is 5. The second-order valence-corrected chi connectivity index (χ2v) is 9.51. The summed E-state index contributed by atoms with van der Waals surface area (Å²) in [5.41, 5.74) is 1.33. The van der Waals surface area contributed by atoms with Crippen LogP contribution in [0.1, 0.15) is 29.1 Å². The average molecular weight is 387 g/mol. The first-order valence-electron chi connectivity index (χ1n) is 10.4. The highest BCUT2D eigenvalue weighted by atomic mass is 32.1. The van der Waals surface area contributed by atoms with Crippen LogP contribution in [0.3, 0.4) is 0 Å². The van der Waals surface area contributed by atoms with Crippen molar-refractivity contribution in [3.8, 4) is 0 Å². The SMILES string of the molecule is Cc1sc2nc(CN3CCCC3)nc(NCC3CN4CCN3CC4)c2c1C. The molecule has 4 aliphatic heterocycles. The van der Waals surface area contributed by atoms with Crippen molar-refractivity contribution in [1.29, 1.82) is 0 Å². The lowest BCUT2D eigenvalue weighted by atomic mass is 10.1. The van der Waals surface area contributed by atoms with Gasteiger partial charge in [-0.2, -0.15) is 0 Å². The van der Waals surface area contributed by atoms with E-state index in [2.05, 4.69) is 33.9 Å². The van der Waals surface area contributed by atoms with Gasteiger partial charge in [0.25, 0.3) is 0 Å². The predicted molar refractivity (Wildman–Crippen MR) is 112 cm³/mol. The average Bonchev–Trinajstić information content (AvgIpc) is 3.29. The fourth-order valence-corrected chi connectivity index (χ4v) is 5.81. The lowest BCUT2D eigenvalue weighted by Crippen LogP contribution is -2.62. The summed E-state index contributed by atoms with van der Waals surface area (Å²) in [7, 11) is 0. The van der Waals surface area contributed by atoms with E-state index in [0.717, 1.165) is 29.6 Å². The zero-order valence-corrected chi connectivity index (χ0v) is 17.3. The first-order valence-corrected chi connectivity index (χ1v) is 11.2. The molecule has 6 nitrogen and oxygen atoms in total. The molecule has 1 unspecified atom stereocenters. The monoisotopic (exact) mass is 386 g/mol. The lowest BCUT2D eigenvalue weighted by molar-refractivity contribution is 0.0189. The minimum Gasteiger partial charge on any atom is -0.368 e. The van der Waals surface area contributed by atoms with Gasteiger partial charge in [0.15, 0.2) is 0 Å². The molecule has 4 aliphatic rings. The van der Waals surface area contributed by atoms with Gasteiger partial charge in [-0.25, -0.2) is 9.97 Å². The second kappa shape index (κ2) is 7.28. The van der Waals surface area contributed by atoms with E-state index in [0.29, 0.717) is 6.04 Å². The third kappa shape index (κ3) is 3.46. The lowest BCUT2D eigenvalue weighted by Gasteiger charge is -2.47. The van der Waals surface area contributed by atoms with Crippen LogP contribution in [0.25, 0.3) is 10.2 Å². The maximum atomic E-state index is 5.00. The molecule has 27 heavy (non-hydrogen) atoms. The Morgan fingerprint density at radius 3 is 2.52 bits per heavy atom. The molecule has 1 atom stereocenters. The molecule has 6 rings (SSSR count). The summed E-state index contributed by atoms with van der Waals surface area (Å²) in [6, 6.07) is 0.597. The largest absolute Gasteiger partial charge is 0.368 e. The quantitative estimate of drug-likeness (QED) is 0.851. The molecule has 7 heteroatoms. The van der Waals surface area contributed by atoms with E-state index < -0.39 is 0 Å². The minimum atomic E-state index is 0.597. The van der Waals surface area contributed by atoms with Gasteiger partial charge in [0, 0.05) is 50.2 Å². The highest BCUT2D eigenvalue weighted by Gasteiger charge is 2.31. The van der Waals surface area contributed by atoms with Crippen LogP contribution in [0.15, 0.2) is 0 Å². The number of aromatic nitrogens is 2. The van der Waals surface area contributed by atoms with Crippen LogP contribution in [-0.4, -0.2) is 83.1 Å². The summed E-state index contributed by atoms with van der Waals surface area (Å²) in [6.45, 7) is 14.7. The highest BCUT2D eigenvalue weighted by Crippen LogP contribution is 2.33. The van der Waals surface area contributed by atoms with E-state index in [1.807, 2.05) is 11.3 Å². The third-order valence-corrected chi connectivity index (χ3v) is 7.64. The Bertz CT molecular complexity index is 819. The number of anilines is 1. The molecule has 0 spiro atoms. The number of hydrogen-bond acceptors (Lipinski definition) is 7. The van der Waals surface area contributed by atoms with Gasteiger partial charge < -0.3 is 5.32 Å². The van der Waals surface area contributed by atoms with Crippen LogP contribution >= 0.6 is 11.3 Å². The number of piperazine rings is 3. The van der Waals surface area contributed by atoms with Gasteiger partial charge in [0.1, 0.15) is 16.5 Å². The molecule has 0 saturated carbocycles. The van der Waals surface area contributed by atoms with Crippen molar-refractivity contribution >= 4 is 27.4 Å². The number of likely N-dealkylation sites (tertiary alicyclic amines) is 1. The maximum Gasteiger partial charge on any atom is 0.146 e. The molecule has 0 aliphatic carbocycles. The van der Waals surface area contributed by atoms with Crippen molar-refractivity contribution in [2.45, 2.75) is 39.3 Å². The molecule has 0 aromatic carbocycles. The van der Waals surface area contributed by atoms with E-state index in [9.17, 15) is 0 Å². The Morgan fingerprint density at radius 2 is 1.81 bits per heavy atom. The van der Waals surface area contributed by atoms with Crippen LogP contribution in [0.2, 0.25) is 0 Å². The van der Waals surface area contributed by atoms with Gasteiger partial charge in [0.05, 0.1) is 11.9 Å². The molecule has 2 bridgehead atoms. The molecular formula is C20H30N6S. The van der Waals surface area contributed by atoms with Crippen molar-refractivity contribution < 1.29 is 0 Å². The molecule has 0 radical (unpaired) electrons. The number of hydrogen-bond donors (Lipinski definition) is 1. The van der Waals surface area contributed by atoms with E-state index in [4.69, 9.17) is 9.97 Å². The smallest absolute Gasteiger partial charge is 0.146 e. The normalized spacial score (nSPS) is 28.3. The molecule has 2 aromatic heterocycles. The van der Waals surface area contributed by atoms with E-state index in [-0.39, 0.29) is 0 Å². The van der Waals surface area contributed by atoms with Crippen molar-refractivity contribution in [1.82, 2.24) is 24.7 Å². The van der Waals surface area contributed by atoms with E-state index in [1.165, 1.54) is 74.5 Å². The number of aryl methyl sites for hydroxylation is 2. The zero-order valence-electron chi connectivity index (χ0n) is 16.5. The fraction of sp³-hybridized carbons (Fsp3) is 0.700. The van der Waals surface area contributed by atoms with Gasteiger partial charge in [0.2, 0.25) is 0 Å². The summed E-state index contributed by atoms with van der Waals surface area (Å²) < 4.78 is 0. The Morgan fingerprint density at radius 1 is 1.04 bits per heavy atom.